The molecule has 2 heterocycles. The van der Waals surface area contributed by atoms with Crippen molar-refractivity contribution in [3.8, 4) is 0 Å². The number of hydrogen-bond acceptors (Lipinski definition) is 6. The molecule has 5 aliphatic carbocycles. The average Bonchev–Trinajstić information content (AvgIpc) is 3.27. The quantitative estimate of drug-likeness (QED) is 0.778. The molecule has 1 aliphatic heterocycles. The van der Waals surface area contributed by atoms with Crippen LogP contribution in [0.3, 0.4) is 0 Å². The molecule has 1 aromatic rings. The molecule has 0 saturated heterocycles. The van der Waals surface area contributed by atoms with Crippen LogP contribution in [0.15, 0.2) is 17.4 Å². The molecule has 1 aromatic heterocycles. The van der Waals surface area contributed by atoms with E-state index in [0.29, 0.717) is 36.4 Å². The molecule has 7 rings (SSSR count). The van der Waals surface area contributed by atoms with E-state index in [0.717, 1.165) is 42.6 Å². The number of pyridine rings is 1. The first-order valence-corrected chi connectivity index (χ1v) is 9.80. The van der Waals surface area contributed by atoms with Crippen molar-refractivity contribution in [2.45, 2.75) is 50.2 Å². The van der Waals surface area contributed by atoms with E-state index in [2.05, 4.69) is 33.0 Å². The van der Waals surface area contributed by atoms with Crippen molar-refractivity contribution >= 4 is 17.7 Å². The van der Waals surface area contributed by atoms with Gasteiger partial charge in [0.05, 0.1) is 22.5 Å². The van der Waals surface area contributed by atoms with Crippen LogP contribution in [-0.4, -0.2) is 34.4 Å². The smallest absolute Gasteiger partial charge is 0.243 e. The highest BCUT2D eigenvalue weighted by Gasteiger charge is 2.54. The number of ether oxygens (including phenoxy) is 1. The molecule has 6 nitrogen and oxygen atoms in total. The zero-order valence-electron chi connectivity index (χ0n) is 14.7. The van der Waals surface area contributed by atoms with Crippen molar-refractivity contribution in [3.05, 3.63) is 29.1 Å². The number of nitrogens with one attached hydrogen (secondary N) is 2. The lowest BCUT2D eigenvalue weighted by molar-refractivity contribution is -0.129. The maximum atomic E-state index is 10.9. The number of anilines is 1. The third-order valence-corrected chi connectivity index (χ3v) is 7.03. The summed E-state index contributed by atoms with van der Waals surface area (Å²) in [5.74, 6) is 2.44. The Balaban J connectivity index is 1.39. The van der Waals surface area contributed by atoms with Gasteiger partial charge in [-0.25, -0.2) is 0 Å². The minimum atomic E-state index is -0.403. The van der Waals surface area contributed by atoms with Crippen molar-refractivity contribution < 1.29 is 9.84 Å². The maximum Gasteiger partial charge on any atom is 0.243 e. The number of rotatable bonds is 3. The molecule has 0 amide bonds. The Morgan fingerprint density at radius 3 is 2.81 bits per heavy atom. The predicted octanol–water partition coefficient (Wildman–Crippen LogP) is 2.24. The zero-order chi connectivity index (χ0) is 17.3. The number of fused-ring (bicyclic) bond motifs is 1. The maximum absolute atomic E-state index is 10.9. The first-order chi connectivity index (χ1) is 12.7. The SMILES string of the molecule is OC12CC3C[C@H](C1)C(Nc1c(C4=NNCO4)cnc4c1C=CC4)[C@@H](C3)C2. The van der Waals surface area contributed by atoms with Gasteiger partial charge in [-0.1, -0.05) is 12.2 Å². The molecular weight excluding hydrogens is 328 g/mol. The van der Waals surface area contributed by atoms with Gasteiger partial charge in [0.25, 0.3) is 0 Å². The number of allylic oxidation sites excluding steroid dienone is 1. The lowest BCUT2D eigenvalue weighted by Gasteiger charge is -2.58. The van der Waals surface area contributed by atoms with E-state index < -0.39 is 5.60 Å². The second kappa shape index (κ2) is 5.22. The molecule has 136 valence electrons. The molecule has 3 N–H and O–H groups in total. The third kappa shape index (κ3) is 2.14. The van der Waals surface area contributed by atoms with Gasteiger partial charge in [0.15, 0.2) is 6.73 Å². The van der Waals surface area contributed by atoms with Crippen LogP contribution in [0.5, 0.6) is 0 Å². The van der Waals surface area contributed by atoms with Crippen molar-refractivity contribution in [2.24, 2.45) is 22.9 Å². The van der Waals surface area contributed by atoms with Crippen LogP contribution in [0.2, 0.25) is 0 Å². The Kier molecular flexibility index (Phi) is 3.02. The molecular formula is C20H24N4O2. The van der Waals surface area contributed by atoms with E-state index in [1.165, 1.54) is 18.4 Å². The van der Waals surface area contributed by atoms with Gasteiger partial charge in [-0.15, -0.1) is 5.10 Å². The van der Waals surface area contributed by atoms with Crippen LogP contribution in [-0.2, 0) is 11.2 Å². The predicted molar refractivity (Wildman–Crippen MR) is 98.5 cm³/mol. The number of nitrogens with zero attached hydrogens (tertiary/aromatic N) is 2. The molecule has 3 unspecified atom stereocenters. The molecule has 6 heteroatoms. The van der Waals surface area contributed by atoms with Gasteiger partial charge < -0.3 is 15.2 Å². The normalized spacial score (nSPS) is 38.7. The topological polar surface area (TPSA) is 78.8 Å². The van der Waals surface area contributed by atoms with E-state index in [1.54, 1.807) is 0 Å². The van der Waals surface area contributed by atoms with Gasteiger partial charge in [-0.2, -0.15) is 0 Å². The lowest BCUT2D eigenvalue weighted by atomic mass is 9.52. The van der Waals surface area contributed by atoms with Crippen LogP contribution < -0.4 is 10.7 Å². The summed E-state index contributed by atoms with van der Waals surface area (Å²) in [6, 6.07) is 0.418. The summed E-state index contributed by atoms with van der Waals surface area (Å²) in [4.78, 5) is 4.63. The number of aromatic nitrogens is 1. The fourth-order valence-corrected chi connectivity index (χ4v) is 6.27. The molecule has 26 heavy (non-hydrogen) atoms. The van der Waals surface area contributed by atoms with Gasteiger partial charge in [-0.3, -0.25) is 10.4 Å². The van der Waals surface area contributed by atoms with Gasteiger partial charge >= 0.3 is 0 Å². The summed E-state index contributed by atoms with van der Waals surface area (Å²) >= 11 is 0. The second-order valence-corrected chi connectivity index (χ2v) is 8.74. The summed E-state index contributed by atoms with van der Waals surface area (Å²) in [6.45, 7) is 0.408. The van der Waals surface area contributed by atoms with E-state index in [-0.39, 0.29) is 0 Å². The molecule has 0 radical (unpaired) electrons. The highest BCUT2D eigenvalue weighted by atomic mass is 16.5. The standard InChI is InChI=1S/C20H24N4O2/c25-20-6-11-4-12(7-20)17(13(5-11)8-20)23-18-14-2-1-3-16(14)21-9-15(18)19-24-22-10-26-19/h1-2,9,11-13,17,22,25H,3-8,10H2,(H,21,23)/t11?,12-,13+,17?,20?. The van der Waals surface area contributed by atoms with Gasteiger partial charge in [0, 0.05) is 24.2 Å². The van der Waals surface area contributed by atoms with Crippen LogP contribution in [0.1, 0.15) is 48.9 Å². The van der Waals surface area contributed by atoms with Crippen molar-refractivity contribution in [3.63, 3.8) is 0 Å². The first-order valence-electron chi connectivity index (χ1n) is 9.80. The minimum Gasteiger partial charge on any atom is -0.453 e. The monoisotopic (exact) mass is 352 g/mol. The highest BCUT2D eigenvalue weighted by molar-refractivity contribution is 6.02. The lowest BCUT2D eigenvalue weighted by Crippen LogP contribution is -2.59. The van der Waals surface area contributed by atoms with Gasteiger partial charge in [-0.05, 0) is 49.9 Å². The molecule has 5 atom stereocenters. The summed E-state index contributed by atoms with van der Waals surface area (Å²) < 4.78 is 5.66. The summed E-state index contributed by atoms with van der Waals surface area (Å²) in [6.07, 6.45) is 12.5. The molecule has 4 saturated carbocycles. The van der Waals surface area contributed by atoms with Crippen molar-refractivity contribution in [2.75, 3.05) is 12.0 Å². The minimum absolute atomic E-state index is 0.403. The first kappa shape index (κ1) is 15.0. The second-order valence-electron chi connectivity index (χ2n) is 8.74. The molecule has 0 spiro atoms. The fraction of sp³-hybridized carbons (Fsp3) is 0.600. The summed E-state index contributed by atoms with van der Waals surface area (Å²) in [5, 5.41) is 19.1. The van der Waals surface area contributed by atoms with E-state index in [4.69, 9.17) is 4.74 Å². The Bertz CT molecular complexity index is 817. The Morgan fingerprint density at radius 1 is 1.23 bits per heavy atom. The molecule has 4 bridgehead atoms. The fourth-order valence-electron chi connectivity index (χ4n) is 6.27. The highest BCUT2D eigenvalue weighted by Crippen LogP contribution is 2.56. The average molecular weight is 352 g/mol. The number of hydrogen-bond donors (Lipinski definition) is 3. The van der Waals surface area contributed by atoms with Crippen LogP contribution in [0.25, 0.3) is 6.08 Å². The Hall–Kier alpha value is -2.08. The van der Waals surface area contributed by atoms with Crippen LogP contribution in [0.4, 0.5) is 5.69 Å². The summed E-state index contributed by atoms with van der Waals surface area (Å²) in [5.41, 5.74) is 6.82. The van der Waals surface area contributed by atoms with Crippen molar-refractivity contribution in [1.82, 2.24) is 10.4 Å². The van der Waals surface area contributed by atoms with Crippen LogP contribution >= 0.6 is 0 Å². The Morgan fingerprint density at radius 2 is 2.08 bits per heavy atom. The molecule has 6 aliphatic rings. The molecule has 0 aromatic carbocycles. The van der Waals surface area contributed by atoms with E-state index in [1.807, 2.05) is 6.20 Å². The van der Waals surface area contributed by atoms with Gasteiger partial charge in [0.2, 0.25) is 5.90 Å². The number of hydrazone groups is 1. The van der Waals surface area contributed by atoms with Crippen LogP contribution in [0, 0.1) is 17.8 Å². The van der Waals surface area contributed by atoms with E-state index in [9.17, 15) is 5.11 Å². The molecule has 4 fully saturated rings. The van der Waals surface area contributed by atoms with Crippen molar-refractivity contribution in [1.29, 1.82) is 0 Å². The number of aliphatic hydroxyl groups is 1. The third-order valence-electron chi connectivity index (χ3n) is 7.03. The Labute approximate surface area is 152 Å². The summed E-state index contributed by atoms with van der Waals surface area (Å²) in [7, 11) is 0. The largest absolute Gasteiger partial charge is 0.453 e. The van der Waals surface area contributed by atoms with Gasteiger partial charge in [0.1, 0.15) is 0 Å². The van der Waals surface area contributed by atoms with E-state index >= 15 is 0 Å². The zero-order valence-corrected chi connectivity index (χ0v) is 14.7.